The average Bonchev–Trinajstić information content (AvgIpc) is 2.58. The van der Waals surface area contributed by atoms with Gasteiger partial charge in [0.05, 0.1) is 18.5 Å². The first kappa shape index (κ1) is 11.2. The van der Waals surface area contributed by atoms with Crippen LogP contribution in [0.3, 0.4) is 0 Å². The molecule has 0 bridgehead atoms. The van der Waals surface area contributed by atoms with E-state index in [9.17, 15) is 9.59 Å². The van der Waals surface area contributed by atoms with Crippen molar-refractivity contribution in [3.05, 3.63) is 18.6 Å². The Morgan fingerprint density at radius 2 is 2.29 bits per heavy atom. The summed E-state index contributed by atoms with van der Waals surface area (Å²) in [6.07, 6.45) is 4.07. The van der Waals surface area contributed by atoms with E-state index in [1.165, 1.54) is 18.6 Å². The molecule has 1 unspecified atom stereocenters. The second kappa shape index (κ2) is 4.28. The number of aliphatic carboxylic acids is 1. The molecule has 0 fully saturated rings. The Hall–Kier alpha value is -2.31. The third-order valence-corrected chi connectivity index (χ3v) is 2.41. The molecule has 0 saturated heterocycles. The standard InChI is InChI=1S/C10H10N4O3/c1-6-7(4-9(15)16)10(17)14(13-6)8-5-11-2-3-12-8/h2-3,5,7H,4H2,1H3,(H,15,16). The third kappa shape index (κ3) is 2.12. The first-order chi connectivity index (χ1) is 8.09. The van der Waals surface area contributed by atoms with Gasteiger partial charge in [0, 0.05) is 18.1 Å². The zero-order valence-corrected chi connectivity index (χ0v) is 9.07. The zero-order chi connectivity index (χ0) is 12.4. The number of carbonyl (C=O) groups excluding carboxylic acids is 1. The zero-order valence-electron chi connectivity index (χ0n) is 9.07. The molecule has 1 amide bonds. The van der Waals surface area contributed by atoms with E-state index in [2.05, 4.69) is 15.1 Å². The van der Waals surface area contributed by atoms with Crippen LogP contribution in [-0.4, -0.2) is 32.7 Å². The molecule has 0 spiro atoms. The molecule has 1 aromatic heterocycles. The van der Waals surface area contributed by atoms with Gasteiger partial charge in [-0.05, 0) is 6.92 Å². The molecule has 2 heterocycles. The van der Waals surface area contributed by atoms with E-state index in [1.54, 1.807) is 6.92 Å². The van der Waals surface area contributed by atoms with E-state index < -0.39 is 11.9 Å². The van der Waals surface area contributed by atoms with E-state index in [0.717, 1.165) is 5.01 Å². The molecule has 1 N–H and O–H groups in total. The largest absolute Gasteiger partial charge is 0.481 e. The first-order valence-corrected chi connectivity index (χ1v) is 4.96. The van der Waals surface area contributed by atoms with Crippen molar-refractivity contribution in [3.8, 4) is 0 Å². The average molecular weight is 234 g/mol. The Morgan fingerprint density at radius 3 is 2.88 bits per heavy atom. The molecule has 0 saturated carbocycles. The van der Waals surface area contributed by atoms with Gasteiger partial charge in [-0.2, -0.15) is 10.1 Å². The molecule has 1 aliphatic rings. The molecule has 7 nitrogen and oxygen atoms in total. The van der Waals surface area contributed by atoms with Crippen LogP contribution >= 0.6 is 0 Å². The van der Waals surface area contributed by atoms with E-state index in [1.807, 2.05) is 0 Å². The number of hydrogen-bond donors (Lipinski definition) is 1. The van der Waals surface area contributed by atoms with Gasteiger partial charge in [-0.3, -0.25) is 14.6 Å². The highest BCUT2D eigenvalue weighted by atomic mass is 16.4. The van der Waals surface area contributed by atoms with Crippen LogP contribution in [0.4, 0.5) is 5.82 Å². The molecule has 7 heteroatoms. The van der Waals surface area contributed by atoms with Crippen LogP contribution in [0, 0.1) is 5.92 Å². The van der Waals surface area contributed by atoms with Crippen molar-refractivity contribution >= 4 is 23.4 Å². The van der Waals surface area contributed by atoms with Crippen LogP contribution < -0.4 is 5.01 Å². The molecule has 1 atom stereocenters. The number of nitrogens with zero attached hydrogens (tertiary/aromatic N) is 4. The lowest BCUT2D eigenvalue weighted by Crippen LogP contribution is -2.29. The minimum absolute atomic E-state index is 0.259. The van der Waals surface area contributed by atoms with Gasteiger partial charge >= 0.3 is 5.97 Å². The van der Waals surface area contributed by atoms with Gasteiger partial charge in [0.15, 0.2) is 5.82 Å². The van der Waals surface area contributed by atoms with E-state index in [0.29, 0.717) is 11.5 Å². The monoisotopic (exact) mass is 234 g/mol. The number of rotatable bonds is 3. The smallest absolute Gasteiger partial charge is 0.304 e. The van der Waals surface area contributed by atoms with Crippen LogP contribution in [0.25, 0.3) is 0 Å². The van der Waals surface area contributed by atoms with Crippen LogP contribution in [-0.2, 0) is 9.59 Å². The quantitative estimate of drug-likeness (QED) is 0.810. The number of carboxylic acid groups (broad SMARTS) is 1. The summed E-state index contributed by atoms with van der Waals surface area (Å²) < 4.78 is 0. The normalized spacial score (nSPS) is 19.4. The molecule has 17 heavy (non-hydrogen) atoms. The number of carbonyl (C=O) groups is 2. The highest BCUT2D eigenvalue weighted by Crippen LogP contribution is 2.23. The van der Waals surface area contributed by atoms with Gasteiger partial charge in [0.2, 0.25) is 0 Å². The minimum Gasteiger partial charge on any atom is -0.481 e. The number of hydrazone groups is 1. The van der Waals surface area contributed by atoms with Crippen molar-refractivity contribution in [2.75, 3.05) is 5.01 Å². The molecule has 0 aromatic carbocycles. The maximum atomic E-state index is 11.9. The van der Waals surface area contributed by atoms with Gasteiger partial charge in [-0.1, -0.05) is 0 Å². The van der Waals surface area contributed by atoms with Crippen molar-refractivity contribution < 1.29 is 14.7 Å². The van der Waals surface area contributed by atoms with Gasteiger partial charge in [0.25, 0.3) is 5.91 Å². The van der Waals surface area contributed by atoms with Crippen LogP contribution in [0.5, 0.6) is 0 Å². The van der Waals surface area contributed by atoms with Crippen LogP contribution in [0.1, 0.15) is 13.3 Å². The third-order valence-electron chi connectivity index (χ3n) is 2.41. The maximum Gasteiger partial charge on any atom is 0.304 e. The summed E-state index contributed by atoms with van der Waals surface area (Å²) in [7, 11) is 0. The topological polar surface area (TPSA) is 95.8 Å². The predicted molar refractivity (Wildman–Crippen MR) is 58.4 cm³/mol. The van der Waals surface area contributed by atoms with Gasteiger partial charge in [0.1, 0.15) is 0 Å². The Kier molecular flexibility index (Phi) is 2.82. The van der Waals surface area contributed by atoms with Gasteiger partial charge in [-0.15, -0.1) is 0 Å². The number of amides is 1. The summed E-state index contributed by atoms with van der Waals surface area (Å²) in [5.74, 6) is -1.83. The predicted octanol–water partition coefficient (Wildman–Crippen LogP) is 0.290. The summed E-state index contributed by atoms with van der Waals surface area (Å²) in [5.41, 5.74) is 0.475. The molecule has 1 aromatic rings. The molecule has 1 aliphatic heterocycles. The molecule has 0 aliphatic carbocycles. The van der Waals surface area contributed by atoms with E-state index >= 15 is 0 Å². The van der Waals surface area contributed by atoms with Crippen molar-refractivity contribution in [3.63, 3.8) is 0 Å². The SMILES string of the molecule is CC1=NN(c2cnccn2)C(=O)C1CC(=O)O. The van der Waals surface area contributed by atoms with Gasteiger partial charge in [-0.25, -0.2) is 4.98 Å². The van der Waals surface area contributed by atoms with Crippen molar-refractivity contribution in [1.82, 2.24) is 9.97 Å². The van der Waals surface area contributed by atoms with Crippen molar-refractivity contribution in [1.29, 1.82) is 0 Å². The van der Waals surface area contributed by atoms with E-state index in [-0.39, 0.29) is 12.3 Å². The number of carboxylic acids is 1. The number of aromatic nitrogens is 2. The highest BCUT2D eigenvalue weighted by Gasteiger charge is 2.36. The summed E-state index contributed by atoms with van der Waals surface area (Å²) in [6.45, 7) is 1.63. The highest BCUT2D eigenvalue weighted by molar-refractivity contribution is 6.15. The van der Waals surface area contributed by atoms with Crippen LogP contribution in [0.2, 0.25) is 0 Å². The molecular formula is C10H10N4O3. The summed E-state index contributed by atoms with van der Waals surface area (Å²) in [5, 5.41) is 13.8. The molecule has 0 radical (unpaired) electrons. The molecule has 2 rings (SSSR count). The lowest BCUT2D eigenvalue weighted by atomic mass is 10.0. The molecular weight excluding hydrogens is 224 g/mol. The summed E-state index contributed by atoms with van der Waals surface area (Å²) in [4.78, 5) is 30.3. The Bertz CT molecular complexity index is 486. The summed E-state index contributed by atoms with van der Waals surface area (Å²) in [6, 6.07) is 0. The number of hydrogen-bond acceptors (Lipinski definition) is 5. The number of anilines is 1. The lowest BCUT2D eigenvalue weighted by Gasteiger charge is -2.11. The Morgan fingerprint density at radius 1 is 1.53 bits per heavy atom. The Balaban J connectivity index is 2.24. The minimum atomic E-state index is -1.03. The lowest BCUT2D eigenvalue weighted by molar-refractivity contribution is -0.139. The summed E-state index contributed by atoms with van der Waals surface area (Å²) >= 11 is 0. The van der Waals surface area contributed by atoms with Crippen LogP contribution in [0.15, 0.2) is 23.7 Å². The first-order valence-electron chi connectivity index (χ1n) is 4.96. The second-order valence-corrected chi connectivity index (χ2v) is 3.61. The van der Waals surface area contributed by atoms with Gasteiger partial charge < -0.3 is 5.11 Å². The van der Waals surface area contributed by atoms with Crippen molar-refractivity contribution in [2.24, 2.45) is 11.0 Å². The van der Waals surface area contributed by atoms with E-state index in [4.69, 9.17) is 5.11 Å². The fourth-order valence-corrected chi connectivity index (χ4v) is 1.58. The second-order valence-electron chi connectivity index (χ2n) is 3.61. The fraction of sp³-hybridized carbons (Fsp3) is 0.300. The van der Waals surface area contributed by atoms with Crippen molar-refractivity contribution in [2.45, 2.75) is 13.3 Å². The maximum absolute atomic E-state index is 11.9. The Labute approximate surface area is 96.8 Å². The molecule has 88 valence electrons. The fourth-order valence-electron chi connectivity index (χ4n) is 1.58.